The molecule has 0 spiro atoms. The molecule has 0 aromatic heterocycles. The van der Waals surface area contributed by atoms with E-state index in [1.165, 1.54) is 48.8 Å². The fourth-order valence-electron chi connectivity index (χ4n) is 2.70. The number of imide groups is 1. The number of thioether (sulfide) groups is 1. The summed E-state index contributed by atoms with van der Waals surface area (Å²) in [5.74, 6) is 0.372. The number of nitrogens with zero attached hydrogens (tertiary/aromatic N) is 1. The summed E-state index contributed by atoms with van der Waals surface area (Å²) in [6, 6.07) is 0. The molecule has 0 bridgehead atoms. The zero-order chi connectivity index (χ0) is 15.7. The quantitative estimate of drug-likeness (QED) is 0.470. The zero-order valence-corrected chi connectivity index (χ0v) is 14.2. The number of amides is 2. The minimum Gasteiger partial charge on any atom is -0.396 e. The van der Waals surface area contributed by atoms with Gasteiger partial charge in [0, 0.05) is 12.3 Å². The van der Waals surface area contributed by atoms with Gasteiger partial charge in [-0.25, -0.2) is 0 Å². The van der Waals surface area contributed by atoms with E-state index in [2.05, 4.69) is 6.92 Å². The average Bonchev–Trinajstić information content (AvgIpc) is 2.67. The summed E-state index contributed by atoms with van der Waals surface area (Å²) >= 11 is 1.39. The van der Waals surface area contributed by atoms with Gasteiger partial charge in [-0.05, 0) is 13.3 Å². The van der Waals surface area contributed by atoms with Crippen molar-refractivity contribution in [1.82, 2.24) is 4.90 Å². The molecule has 0 aromatic carbocycles. The number of rotatable bonds is 11. The Balaban J connectivity index is 2.29. The Morgan fingerprint density at radius 3 is 2.38 bits per heavy atom. The number of hydrogen-bond acceptors (Lipinski definition) is 4. The molecule has 0 radical (unpaired) electrons. The number of aliphatic hydroxyl groups excluding tert-OH is 1. The lowest BCUT2D eigenvalue weighted by atomic mass is 10.1. The molecule has 1 N–H and O–H groups in total. The van der Waals surface area contributed by atoms with Gasteiger partial charge in [0.25, 0.3) is 0 Å². The third kappa shape index (κ3) is 5.62. The first kappa shape index (κ1) is 18.5. The first-order valence-corrected chi connectivity index (χ1v) is 9.13. The maximum atomic E-state index is 12.4. The molecule has 0 saturated carbocycles. The van der Waals surface area contributed by atoms with Crippen molar-refractivity contribution in [2.45, 2.75) is 70.0 Å². The second-order valence-electron chi connectivity index (χ2n) is 5.95. The summed E-state index contributed by atoms with van der Waals surface area (Å²) in [4.78, 5) is 25.8. The van der Waals surface area contributed by atoms with Crippen molar-refractivity contribution in [1.29, 1.82) is 0 Å². The van der Waals surface area contributed by atoms with Crippen LogP contribution < -0.4 is 0 Å². The van der Waals surface area contributed by atoms with Crippen LogP contribution >= 0.6 is 11.8 Å². The van der Waals surface area contributed by atoms with E-state index in [9.17, 15) is 9.59 Å². The predicted octanol–water partition coefficient (Wildman–Crippen LogP) is 2.98. The molecule has 1 saturated heterocycles. The van der Waals surface area contributed by atoms with Gasteiger partial charge >= 0.3 is 0 Å². The van der Waals surface area contributed by atoms with E-state index in [0.29, 0.717) is 12.3 Å². The fourth-order valence-corrected chi connectivity index (χ4v) is 3.70. The first-order chi connectivity index (χ1) is 10.0. The Morgan fingerprint density at radius 2 is 1.76 bits per heavy atom. The molecule has 1 aliphatic heterocycles. The first-order valence-electron chi connectivity index (χ1n) is 8.14. The molecule has 1 heterocycles. The number of hydrogen-bond donors (Lipinski definition) is 1. The maximum absolute atomic E-state index is 12.4. The SMILES string of the molecule is CCCCCCCCCN1C(=O)CC(C)(SCCO)C1=O. The molecule has 4 nitrogen and oxygen atoms in total. The van der Waals surface area contributed by atoms with Crippen molar-refractivity contribution in [2.75, 3.05) is 18.9 Å². The molecule has 1 atom stereocenters. The lowest BCUT2D eigenvalue weighted by Gasteiger charge is -2.21. The van der Waals surface area contributed by atoms with Crippen molar-refractivity contribution in [2.24, 2.45) is 0 Å². The molecule has 1 aliphatic rings. The van der Waals surface area contributed by atoms with Crippen molar-refractivity contribution in [3.8, 4) is 0 Å². The third-order valence-corrected chi connectivity index (χ3v) is 5.33. The Kier molecular flexibility index (Phi) is 8.34. The Labute approximate surface area is 132 Å². The molecular formula is C16H29NO3S. The van der Waals surface area contributed by atoms with Crippen LogP contribution in [-0.4, -0.2) is 45.5 Å². The van der Waals surface area contributed by atoms with Gasteiger partial charge in [-0.15, -0.1) is 11.8 Å². The van der Waals surface area contributed by atoms with Crippen molar-refractivity contribution in [3.05, 3.63) is 0 Å². The lowest BCUT2D eigenvalue weighted by molar-refractivity contribution is -0.138. The summed E-state index contributed by atoms with van der Waals surface area (Å²) in [6.45, 7) is 4.62. The summed E-state index contributed by atoms with van der Waals surface area (Å²) in [6.07, 6.45) is 8.53. The largest absolute Gasteiger partial charge is 0.396 e. The van der Waals surface area contributed by atoms with E-state index in [-0.39, 0.29) is 24.8 Å². The highest BCUT2D eigenvalue weighted by atomic mass is 32.2. The van der Waals surface area contributed by atoms with Crippen molar-refractivity contribution < 1.29 is 14.7 Å². The third-order valence-electron chi connectivity index (χ3n) is 3.98. The molecule has 21 heavy (non-hydrogen) atoms. The van der Waals surface area contributed by atoms with Gasteiger partial charge in [-0.3, -0.25) is 14.5 Å². The average molecular weight is 315 g/mol. The Bertz CT molecular complexity index is 348. The van der Waals surface area contributed by atoms with E-state index in [4.69, 9.17) is 5.11 Å². The van der Waals surface area contributed by atoms with Crippen LogP contribution in [0.2, 0.25) is 0 Å². The van der Waals surface area contributed by atoms with E-state index in [0.717, 1.165) is 12.8 Å². The van der Waals surface area contributed by atoms with E-state index >= 15 is 0 Å². The maximum Gasteiger partial charge on any atom is 0.245 e. The standard InChI is InChI=1S/C16H29NO3S/c1-3-4-5-6-7-8-9-10-17-14(19)13-16(2,15(17)20)21-12-11-18/h18H,3-13H2,1-2H3. The monoisotopic (exact) mass is 315 g/mol. The number of aliphatic hydroxyl groups is 1. The van der Waals surface area contributed by atoms with Gasteiger partial charge in [0.1, 0.15) is 4.75 Å². The van der Waals surface area contributed by atoms with Crippen LogP contribution in [0.3, 0.4) is 0 Å². The van der Waals surface area contributed by atoms with Crippen LogP contribution in [0.1, 0.15) is 65.2 Å². The zero-order valence-electron chi connectivity index (χ0n) is 13.4. The summed E-state index contributed by atoms with van der Waals surface area (Å²) in [7, 11) is 0. The van der Waals surface area contributed by atoms with Crippen LogP contribution in [-0.2, 0) is 9.59 Å². The second kappa shape index (κ2) is 9.46. The van der Waals surface area contributed by atoms with Gasteiger partial charge in [0.15, 0.2) is 0 Å². The Hall–Kier alpha value is -0.550. The fraction of sp³-hybridized carbons (Fsp3) is 0.875. The molecule has 1 fully saturated rings. The molecule has 122 valence electrons. The molecular weight excluding hydrogens is 286 g/mol. The van der Waals surface area contributed by atoms with Crippen LogP contribution in [0.5, 0.6) is 0 Å². The highest BCUT2D eigenvalue weighted by molar-refractivity contribution is 8.01. The summed E-state index contributed by atoms with van der Waals surface area (Å²) < 4.78 is -0.666. The molecule has 2 amide bonds. The molecule has 0 aromatic rings. The van der Waals surface area contributed by atoms with Crippen LogP contribution in [0.25, 0.3) is 0 Å². The van der Waals surface area contributed by atoms with E-state index in [1.54, 1.807) is 0 Å². The summed E-state index contributed by atoms with van der Waals surface area (Å²) in [5.41, 5.74) is 0. The van der Waals surface area contributed by atoms with Crippen LogP contribution in [0.15, 0.2) is 0 Å². The minimum absolute atomic E-state index is 0.0412. The normalized spacial score (nSPS) is 22.3. The van der Waals surface area contributed by atoms with Crippen LogP contribution in [0.4, 0.5) is 0 Å². The minimum atomic E-state index is -0.666. The van der Waals surface area contributed by atoms with Crippen molar-refractivity contribution in [3.63, 3.8) is 0 Å². The number of carbonyl (C=O) groups is 2. The second-order valence-corrected chi connectivity index (χ2v) is 7.55. The van der Waals surface area contributed by atoms with E-state index < -0.39 is 4.75 Å². The van der Waals surface area contributed by atoms with Gasteiger partial charge in [-0.1, -0.05) is 45.4 Å². The Morgan fingerprint density at radius 1 is 1.14 bits per heavy atom. The molecule has 1 rings (SSSR count). The van der Waals surface area contributed by atoms with E-state index in [1.807, 2.05) is 6.92 Å². The van der Waals surface area contributed by atoms with Gasteiger partial charge in [0.2, 0.25) is 11.8 Å². The number of unbranched alkanes of at least 4 members (excludes halogenated alkanes) is 6. The van der Waals surface area contributed by atoms with Gasteiger partial charge in [0.05, 0.1) is 13.0 Å². The van der Waals surface area contributed by atoms with Gasteiger partial charge in [-0.2, -0.15) is 0 Å². The summed E-state index contributed by atoms with van der Waals surface area (Å²) in [5, 5.41) is 8.89. The van der Waals surface area contributed by atoms with Crippen molar-refractivity contribution >= 4 is 23.6 Å². The molecule has 5 heteroatoms. The smallest absolute Gasteiger partial charge is 0.245 e. The number of likely N-dealkylation sites (tertiary alicyclic amines) is 1. The molecule has 1 unspecified atom stereocenters. The highest BCUT2D eigenvalue weighted by Gasteiger charge is 2.48. The topological polar surface area (TPSA) is 57.6 Å². The van der Waals surface area contributed by atoms with Crippen LogP contribution in [0, 0.1) is 0 Å². The predicted molar refractivity (Wildman–Crippen MR) is 87.3 cm³/mol. The number of carbonyl (C=O) groups excluding carboxylic acids is 2. The highest BCUT2D eigenvalue weighted by Crippen LogP contribution is 2.36. The van der Waals surface area contributed by atoms with Gasteiger partial charge < -0.3 is 5.11 Å². The lowest BCUT2D eigenvalue weighted by Crippen LogP contribution is -2.37. The molecule has 0 aliphatic carbocycles.